The van der Waals surface area contributed by atoms with Gasteiger partial charge in [0.25, 0.3) is 5.91 Å². The van der Waals surface area contributed by atoms with Crippen LogP contribution in [0.25, 0.3) is 0 Å². The number of nitrogens with zero attached hydrogens (tertiary/aromatic N) is 4. The zero-order valence-electron chi connectivity index (χ0n) is 13.1. The molecule has 2 aromatic rings. The largest absolute Gasteiger partial charge is 0.336 e. The summed E-state index contributed by atoms with van der Waals surface area (Å²) in [5.74, 6) is -0.353. The lowest BCUT2D eigenvalue weighted by Gasteiger charge is -2.33. The van der Waals surface area contributed by atoms with Crippen molar-refractivity contribution in [3.8, 4) is 0 Å². The monoisotopic (exact) mass is 320 g/mol. The second-order valence-electron chi connectivity index (χ2n) is 5.86. The van der Waals surface area contributed by atoms with E-state index in [1.165, 1.54) is 0 Å². The van der Waals surface area contributed by atoms with E-state index >= 15 is 0 Å². The Morgan fingerprint density at radius 3 is 2.52 bits per heavy atom. The summed E-state index contributed by atoms with van der Waals surface area (Å²) in [6, 6.07) is 2.93. The lowest BCUT2D eigenvalue weighted by atomic mass is 10.0. The molecule has 1 fully saturated rings. The third-order valence-corrected chi connectivity index (χ3v) is 4.05. The van der Waals surface area contributed by atoms with Crippen LogP contribution in [0.15, 0.2) is 18.2 Å². The topological polar surface area (TPSA) is 51.0 Å². The van der Waals surface area contributed by atoms with Crippen LogP contribution in [0.3, 0.4) is 0 Å². The molecular weight excluding hydrogens is 302 g/mol. The van der Waals surface area contributed by atoms with Crippen LogP contribution in [0.1, 0.15) is 40.9 Å². The van der Waals surface area contributed by atoms with Crippen molar-refractivity contribution in [1.29, 1.82) is 0 Å². The van der Waals surface area contributed by atoms with Gasteiger partial charge in [-0.1, -0.05) is 0 Å². The Morgan fingerprint density at radius 1 is 1.22 bits per heavy atom. The number of rotatable bonds is 2. The van der Waals surface area contributed by atoms with Gasteiger partial charge >= 0.3 is 0 Å². The van der Waals surface area contributed by atoms with E-state index in [1.807, 2.05) is 18.5 Å². The molecule has 1 atom stereocenters. The van der Waals surface area contributed by atoms with Crippen LogP contribution in [0.4, 0.5) is 8.78 Å². The number of carbonyl (C=O) groups excluding carboxylic acids is 1. The number of benzene rings is 1. The molecule has 122 valence electrons. The number of piperidine rings is 1. The Morgan fingerprint density at radius 2 is 1.91 bits per heavy atom. The number of amides is 1. The van der Waals surface area contributed by atoms with Crippen molar-refractivity contribution in [1.82, 2.24) is 19.7 Å². The third-order valence-electron chi connectivity index (χ3n) is 4.05. The first-order valence-corrected chi connectivity index (χ1v) is 7.59. The van der Waals surface area contributed by atoms with Gasteiger partial charge in [-0.05, 0) is 38.8 Å². The summed E-state index contributed by atoms with van der Waals surface area (Å²) in [6.07, 6.45) is 1.71. The van der Waals surface area contributed by atoms with Gasteiger partial charge in [0.15, 0.2) is 0 Å². The number of aromatic nitrogens is 3. The average Bonchev–Trinajstić information content (AvgIpc) is 2.84. The minimum atomic E-state index is -0.746. The van der Waals surface area contributed by atoms with E-state index in [4.69, 9.17) is 0 Å². The first-order chi connectivity index (χ1) is 10.9. The second kappa shape index (κ2) is 6.06. The molecule has 1 amide bonds. The van der Waals surface area contributed by atoms with Gasteiger partial charge in [0.05, 0.1) is 6.04 Å². The molecule has 3 rings (SSSR count). The minimum absolute atomic E-state index is 0.0345. The van der Waals surface area contributed by atoms with Crippen LogP contribution < -0.4 is 0 Å². The molecule has 7 heteroatoms. The molecular formula is C16H18F2N4O. The second-order valence-corrected chi connectivity index (χ2v) is 5.86. The van der Waals surface area contributed by atoms with Crippen LogP contribution in [0.5, 0.6) is 0 Å². The summed E-state index contributed by atoms with van der Waals surface area (Å²) in [4.78, 5) is 18.4. The molecule has 0 N–H and O–H groups in total. The summed E-state index contributed by atoms with van der Waals surface area (Å²) in [7, 11) is 0. The highest BCUT2D eigenvalue weighted by Crippen LogP contribution is 2.23. The molecule has 0 radical (unpaired) electrons. The third kappa shape index (κ3) is 3.23. The SMILES string of the molecule is Cc1nc(C)n([C@@H]2CCCN(C(=O)c3cc(F)cc(F)c3)C2)n1. The number of halogens is 2. The molecule has 1 saturated heterocycles. The Kier molecular flexibility index (Phi) is 4.11. The van der Waals surface area contributed by atoms with Gasteiger partial charge in [-0.3, -0.25) is 4.79 Å². The fraction of sp³-hybridized carbons (Fsp3) is 0.438. The van der Waals surface area contributed by atoms with Crippen molar-refractivity contribution < 1.29 is 13.6 Å². The zero-order chi connectivity index (χ0) is 16.6. The van der Waals surface area contributed by atoms with Gasteiger partial charge in [0.1, 0.15) is 23.3 Å². The molecule has 23 heavy (non-hydrogen) atoms. The number of carbonyl (C=O) groups is 1. The number of hydrogen-bond acceptors (Lipinski definition) is 3. The van der Waals surface area contributed by atoms with Crippen LogP contribution in [0, 0.1) is 25.5 Å². The molecule has 5 nitrogen and oxygen atoms in total. The maximum Gasteiger partial charge on any atom is 0.254 e. The molecule has 2 heterocycles. The maximum atomic E-state index is 13.3. The predicted molar refractivity (Wildman–Crippen MR) is 80.0 cm³/mol. The number of hydrogen-bond donors (Lipinski definition) is 0. The average molecular weight is 320 g/mol. The summed E-state index contributed by atoms with van der Waals surface area (Å²) >= 11 is 0. The molecule has 0 saturated carbocycles. The summed E-state index contributed by atoms with van der Waals surface area (Å²) in [5.41, 5.74) is 0.0367. The smallest absolute Gasteiger partial charge is 0.254 e. The molecule has 0 spiro atoms. The van der Waals surface area contributed by atoms with E-state index in [-0.39, 0.29) is 17.5 Å². The Labute approximate surface area is 132 Å². The Hall–Kier alpha value is -2.31. The molecule has 0 unspecified atom stereocenters. The van der Waals surface area contributed by atoms with Crippen molar-refractivity contribution in [2.24, 2.45) is 0 Å². The lowest BCUT2D eigenvalue weighted by molar-refractivity contribution is 0.0670. The summed E-state index contributed by atoms with van der Waals surface area (Å²) in [6.45, 7) is 4.73. The first kappa shape index (κ1) is 15.6. The first-order valence-electron chi connectivity index (χ1n) is 7.59. The van der Waals surface area contributed by atoms with E-state index in [0.29, 0.717) is 18.9 Å². The van der Waals surface area contributed by atoms with Crippen molar-refractivity contribution in [2.75, 3.05) is 13.1 Å². The van der Waals surface area contributed by atoms with Gasteiger partial charge in [-0.25, -0.2) is 18.4 Å². The molecule has 0 bridgehead atoms. The van der Waals surface area contributed by atoms with Gasteiger partial charge in [0, 0.05) is 24.7 Å². The van der Waals surface area contributed by atoms with Crippen LogP contribution in [-0.4, -0.2) is 38.7 Å². The van der Waals surface area contributed by atoms with Gasteiger partial charge < -0.3 is 4.90 Å². The summed E-state index contributed by atoms with van der Waals surface area (Å²) < 4.78 is 28.5. The highest BCUT2D eigenvalue weighted by Gasteiger charge is 2.27. The van der Waals surface area contributed by atoms with Crippen LogP contribution >= 0.6 is 0 Å². The normalized spacial score (nSPS) is 18.3. The van der Waals surface area contributed by atoms with E-state index < -0.39 is 11.6 Å². The molecule has 1 aliphatic heterocycles. The predicted octanol–water partition coefficient (Wildman–Crippen LogP) is 2.65. The van der Waals surface area contributed by atoms with E-state index in [9.17, 15) is 13.6 Å². The number of aryl methyl sites for hydroxylation is 2. The highest BCUT2D eigenvalue weighted by molar-refractivity contribution is 5.94. The van der Waals surface area contributed by atoms with Crippen LogP contribution in [-0.2, 0) is 0 Å². The summed E-state index contributed by atoms with van der Waals surface area (Å²) in [5, 5.41) is 4.38. The fourth-order valence-corrected chi connectivity index (χ4v) is 3.08. The highest BCUT2D eigenvalue weighted by atomic mass is 19.1. The minimum Gasteiger partial charge on any atom is -0.336 e. The van der Waals surface area contributed by atoms with Gasteiger partial charge in [-0.2, -0.15) is 5.10 Å². The Balaban J connectivity index is 1.80. The van der Waals surface area contributed by atoms with E-state index in [1.54, 1.807) is 4.90 Å². The van der Waals surface area contributed by atoms with Crippen molar-refractivity contribution in [2.45, 2.75) is 32.7 Å². The van der Waals surface area contributed by atoms with Crippen LogP contribution in [0.2, 0.25) is 0 Å². The number of likely N-dealkylation sites (tertiary alicyclic amines) is 1. The zero-order valence-corrected chi connectivity index (χ0v) is 13.1. The van der Waals surface area contributed by atoms with Crippen molar-refractivity contribution in [3.05, 3.63) is 47.0 Å². The molecule has 1 aromatic heterocycles. The van der Waals surface area contributed by atoms with Crippen molar-refractivity contribution >= 4 is 5.91 Å². The van der Waals surface area contributed by atoms with E-state index in [2.05, 4.69) is 10.1 Å². The van der Waals surface area contributed by atoms with Crippen molar-refractivity contribution in [3.63, 3.8) is 0 Å². The molecule has 1 aromatic carbocycles. The molecule has 1 aliphatic rings. The standard InChI is InChI=1S/C16H18F2N4O/c1-10-19-11(2)22(20-10)15-4-3-5-21(9-15)16(23)12-6-13(17)8-14(18)7-12/h6-8,15H,3-5,9H2,1-2H3/t15-/m1/s1. The fourth-order valence-electron chi connectivity index (χ4n) is 3.08. The Bertz CT molecular complexity index is 723. The van der Waals surface area contributed by atoms with Gasteiger partial charge in [-0.15, -0.1) is 0 Å². The lowest BCUT2D eigenvalue weighted by Crippen LogP contribution is -2.41. The quantitative estimate of drug-likeness (QED) is 0.855. The maximum absolute atomic E-state index is 13.3. The van der Waals surface area contributed by atoms with Gasteiger partial charge in [0.2, 0.25) is 0 Å². The van der Waals surface area contributed by atoms with E-state index in [0.717, 1.165) is 36.9 Å². The molecule has 0 aliphatic carbocycles.